The van der Waals surface area contributed by atoms with Crippen LogP contribution in [0.2, 0.25) is 0 Å². The van der Waals surface area contributed by atoms with Gasteiger partial charge in [0.25, 0.3) is 5.91 Å². The lowest BCUT2D eigenvalue weighted by atomic mass is 10.1. The molecule has 0 radical (unpaired) electrons. The largest absolute Gasteiger partial charge is 0.493 e. The molecule has 2 amide bonds. The summed E-state index contributed by atoms with van der Waals surface area (Å²) in [5, 5.41) is 4.14. The van der Waals surface area contributed by atoms with E-state index in [9.17, 15) is 9.59 Å². The summed E-state index contributed by atoms with van der Waals surface area (Å²) in [7, 11) is 3.23. The van der Waals surface area contributed by atoms with E-state index in [4.69, 9.17) is 9.47 Å². The number of ether oxygens (including phenoxy) is 2. The van der Waals surface area contributed by atoms with Crippen LogP contribution < -0.4 is 9.47 Å². The molecule has 7 heteroatoms. The second-order valence-corrected chi connectivity index (χ2v) is 11.4. The van der Waals surface area contributed by atoms with Gasteiger partial charge in [-0.05, 0) is 76.9 Å². The summed E-state index contributed by atoms with van der Waals surface area (Å²) >= 11 is 1.65. The Bertz CT molecular complexity index is 1460. The molecule has 0 aliphatic heterocycles. The predicted octanol–water partition coefficient (Wildman–Crippen LogP) is 6.60. The molecule has 4 aromatic rings. The van der Waals surface area contributed by atoms with E-state index in [0.29, 0.717) is 43.1 Å². The Kier molecular flexibility index (Phi) is 9.83. The van der Waals surface area contributed by atoms with Crippen molar-refractivity contribution < 1.29 is 19.1 Å². The van der Waals surface area contributed by atoms with E-state index in [-0.39, 0.29) is 24.3 Å². The van der Waals surface area contributed by atoms with Gasteiger partial charge in [0.2, 0.25) is 5.91 Å². The zero-order chi connectivity index (χ0) is 28.6. The number of benzene rings is 3. The number of aryl methyl sites for hydroxylation is 1. The van der Waals surface area contributed by atoms with Crippen LogP contribution in [-0.2, 0) is 17.8 Å². The van der Waals surface area contributed by atoms with Crippen molar-refractivity contribution in [2.45, 2.75) is 33.7 Å². The molecule has 0 saturated carbocycles. The topological polar surface area (TPSA) is 59.1 Å². The van der Waals surface area contributed by atoms with E-state index in [1.165, 1.54) is 5.56 Å². The van der Waals surface area contributed by atoms with Gasteiger partial charge in [-0.1, -0.05) is 50.2 Å². The van der Waals surface area contributed by atoms with Crippen LogP contribution in [0.15, 0.2) is 72.1 Å². The fraction of sp³-hybridized carbons (Fsp3) is 0.333. The summed E-state index contributed by atoms with van der Waals surface area (Å²) in [5.41, 5.74) is 2.81. The zero-order valence-electron chi connectivity index (χ0n) is 24.0. The van der Waals surface area contributed by atoms with Crippen molar-refractivity contribution in [1.82, 2.24) is 9.80 Å². The van der Waals surface area contributed by atoms with Crippen LogP contribution in [0.3, 0.4) is 0 Å². The quantitative estimate of drug-likeness (QED) is 0.197. The summed E-state index contributed by atoms with van der Waals surface area (Å²) in [6.07, 6.45) is 0.652. The molecule has 40 heavy (non-hydrogen) atoms. The average Bonchev–Trinajstić information content (AvgIpc) is 3.37. The van der Waals surface area contributed by atoms with Gasteiger partial charge in [0.05, 0.1) is 20.8 Å². The molecule has 3 aromatic carbocycles. The van der Waals surface area contributed by atoms with Crippen LogP contribution in [0.25, 0.3) is 10.8 Å². The smallest absolute Gasteiger partial charge is 0.254 e. The second-order valence-electron chi connectivity index (χ2n) is 10.4. The molecule has 1 heterocycles. The van der Waals surface area contributed by atoms with E-state index < -0.39 is 0 Å². The molecule has 0 aliphatic rings. The van der Waals surface area contributed by atoms with Gasteiger partial charge in [-0.15, -0.1) is 11.3 Å². The predicted molar refractivity (Wildman–Crippen MR) is 162 cm³/mol. The van der Waals surface area contributed by atoms with Gasteiger partial charge in [-0.2, -0.15) is 0 Å². The first kappa shape index (κ1) is 29.2. The highest BCUT2D eigenvalue weighted by atomic mass is 32.1. The zero-order valence-corrected chi connectivity index (χ0v) is 24.8. The lowest BCUT2D eigenvalue weighted by Crippen LogP contribution is -2.44. The molecule has 0 fully saturated rings. The van der Waals surface area contributed by atoms with Crippen LogP contribution in [0, 0.1) is 12.8 Å². The molecule has 0 atom stereocenters. The third-order valence-corrected chi connectivity index (χ3v) is 7.98. The van der Waals surface area contributed by atoms with E-state index in [1.807, 2.05) is 65.6 Å². The standard InChI is InChI=1S/C33H38N2O4S/c1-23(2)20-35(33(37)28-12-11-26-8-6-7-9-27(26)19-28)22-32(36)34(21-31-24(3)15-17-40-31)16-14-25-10-13-29(38-4)30(18-25)39-5/h6-13,15,17-19,23H,14,16,20-22H2,1-5H3. The fourth-order valence-corrected chi connectivity index (χ4v) is 5.68. The minimum Gasteiger partial charge on any atom is -0.493 e. The van der Waals surface area contributed by atoms with Crippen molar-refractivity contribution in [2.24, 2.45) is 5.92 Å². The van der Waals surface area contributed by atoms with Crippen molar-refractivity contribution in [3.05, 3.63) is 93.7 Å². The fourth-order valence-electron chi connectivity index (χ4n) is 4.76. The van der Waals surface area contributed by atoms with Crippen LogP contribution in [0.5, 0.6) is 11.5 Å². The Morgan fingerprint density at radius 1 is 0.875 bits per heavy atom. The van der Waals surface area contributed by atoms with Crippen molar-refractivity contribution in [3.8, 4) is 11.5 Å². The minimum absolute atomic E-state index is 0.0280. The molecular formula is C33H38N2O4S. The number of amides is 2. The van der Waals surface area contributed by atoms with Crippen LogP contribution in [0.4, 0.5) is 0 Å². The Labute approximate surface area is 241 Å². The maximum atomic E-state index is 13.9. The third-order valence-electron chi connectivity index (χ3n) is 6.97. The van der Waals surface area contributed by atoms with Gasteiger partial charge in [0, 0.05) is 23.5 Å². The number of hydrogen-bond donors (Lipinski definition) is 0. The number of carbonyl (C=O) groups is 2. The number of nitrogens with zero attached hydrogens (tertiary/aromatic N) is 2. The molecule has 0 N–H and O–H groups in total. The monoisotopic (exact) mass is 558 g/mol. The number of hydrogen-bond acceptors (Lipinski definition) is 5. The van der Waals surface area contributed by atoms with Gasteiger partial charge in [-0.25, -0.2) is 0 Å². The van der Waals surface area contributed by atoms with Crippen molar-refractivity contribution in [1.29, 1.82) is 0 Å². The first-order chi connectivity index (χ1) is 19.3. The Hall–Kier alpha value is -3.84. The van der Waals surface area contributed by atoms with E-state index in [2.05, 4.69) is 32.2 Å². The third kappa shape index (κ3) is 7.21. The first-order valence-electron chi connectivity index (χ1n) is 13.6. The summed E-state index contributed by atoms with van der Waals surface area (Å²) in [6.45, 7) is 7.75. The summed E-state index contributed by atoms with van der Waals surface area (Å²) in [5.74, 6) is 1.36. The highest BCUT2D eigenvalue weighted by Crippen LogP contribution is 2.28. The molecule has 0 aliphatic carbocycles. The molecule has 0 unspecified atom stereocenters. The van der Waals surface area contributed by atoms with Crippen LogP contribution in [0.1, 0.15) is 40.2 Å². The maximum Gasteiger partial charge on any atom is 0.254 e. The molecular weight excluding hydrogens is 520 g/mol. The molecule has 6 nitrogen and oxygen atoms in total. The number of thiophene rings is 1. The maximum absolute atomic E-state index is 13.9. The Balaban J connectivity index is 1.55. The normalized spacial score (nSPS) is 11.1. The molecule has 210 valence electrons. The number of carbonyl (C=O) groups excluding carboxylic acids is 2. The molecule has 1 aromatic heterocycles. The summed E-state index contributed by atoms with van der Waals surface area (Å²) < 4.78 is 10.8. The van der Waals surface area contributed by atoms with E-state index in [1.54, 1.807) is 30.5 Å². The summed E-state index contributed by atoms with van der Waals surface area (Å²) in [4.78, 5) is 32.3. The molecule has 0 saturated heterocycles. The Morgan fingerprint density at radius 2 is 1.62 bits per heavy atom. The van der Waals surface area contributed by atoms with Crippen molar-refractivity contribution in [2.75, 3.05) is 33.9 Å². The lowest BCUT2D eigenvalue weighted by Gasteiger charge is -2.29. The van der Waals surface area contributed by atoms with Gasteiger partial charge in [0.1, 0.15) is 6.54 Å². The van der Waals surface area contributed by atoms with Gasteiger partial charge >= 0.3 is 0 Å². The molecule has 0 bridgehead atoms. The van der Waals surface area contributed by atoms with Gasteiger partial charge < -0.3 is 19.3 Å². The first-order valence-corrected chi connectivity index (χ1v) is 14.5. The molecule has 4 rings (SSSR count). The van der Waals surface area contributed by atoms with Gasteiger partial charge in [-0.3, -0.25) is 9.59 Å². The Morgan fingerprint density at radius 3 is 2.30 bits per heavy atom. The lowest BCUT2D eigenvalue weighted by molar-refractivity contribution is -0.132. The number of methoxy groups -OCH3 is 2. The van der Waals surface area contributed by atoms with E-state index in [0.717, 1.165) is 21.2 Å². The highest BCUT2D eigenvalue weighted by molar-refractivity contribution is 7.10. The highest BCUT2D eigenvalue weighted by Gasteiger charge is 2.24. The molecule has 0 spiro atoms. The van der Waals surface area contributed by atoms with Crippen LogP contribution in [-0.4, -0.2) is 55.5 Å². The SMILES string of the molecule is COc1ccc(CCN(Cc2sccc2C)C(=O)CN(CC(C)C)C(=O)c2ccc3ccccc3c2)cc1OC. The minimum atomic E-state index is -0.125. The van der Waals surface area contributed by atoms with Gasteiger partial charge in [0.15, 0.2) is 11.5 Å². The number of fused-ring (bicyclic) bond motifs is 1. The summed E-state index contributed by atoms with van der Waals surface area (Å²) in [6, 6.07) is 21.6. The van der Waals surface area contributed by atoms with Crippen LogP contribution >= 0.6 is 11.3 Å². The van der Waals surface area contributed by atoms with Crippen molar-refractivity contribution in [3.63, 3.8) is 0 Å². The van der Waals surface area contributed by atoms with Crippen molar-refractivity contribution >= 4 is 33.9 Å². The number of rotatable bonds is 12. The second kappa shape index (κ2) is 13.5. The average molecular weight is 559 g/mol. The van der Waals surface area contributed by atoms with E-state index >= 15 is 0 Å².